The molecular weight excluding hydrogens is 256 g/mol. The van der Waals surface area contributed by atoms with Crippen LogP contribution in [0.25, 0.3) is 0 Å². The molecule has 0 radical (unpaired) electrons. The van der Waals surface area contributed by atoms with Gasteiger partial charge in [-0.05, 0) is 42.2 Å². The standard InChI is InChI=1S/C16H17ClN2/c1-11-8-12-4-2-3-5-15(12)19(10-11)16-7-6-13(17)9-14(16)18/h2-7,9,11H,8,10,18H2,1H3. The Morgan fingerprint density at radius 1 is 1.16 bits per heavy atom. The Morgan fingerprint density at radius 2 is 1.95 bits per heavy atom. The minimum absolute atomic E-state index is 0.616. The summed E-state index contributed by atoms with van der Waals surface area (Å²) in [4.78, 5) is 2.30. The van der Waals surface area contributed by atoms with Gasteiger partial charge < -0.3 is 10.6 Å². The normalized spacial score (nSPS) is 18.2. The van der Waals surface area contributed by atoms with E-state index >= 15 is 0 Å². The molecule has 0 aromatic heterocycles. The summed E-state index contributed by atoms with van der Waals surface area (Å²) < 4.78 is 0. The van der Waals surface area contributed by atoms with Crippen molar-refractivity contribution in [2.45, 2.75) is 13.3 Å². The van der Waals surface area contributed by atoms with Crippen molar-refractivity contribution in [3.8, 4) is 0 Å². The fourth-order valence-electron chi connectivity index (χ4n) is 2.80. The zero-order chi connectivity index (χ0) is 13.4. The van der Waals surface area contributed by atoms with E-state index in [-0.39, 0.29) is 0 Å². The molecule has 2 aromatic rings. The quantitative estimate of drug-likeness (QED) is 0.786. The average molecular weight is 273 g/mol. The zero-order valence-electron chi connectivity index (χ0n) is 10.9. The van der Waals surface area contributed by atoms with Gasteiger partial charge in [0.15, 0.2) is 0 Å². The highest BCUT2D eigenvalue weighted by molar-refractivity contribution is 6.31. The second-order valence-corrected chi connectivity index (χ2v) is 5.69. The second-order valence-electron chi connectivity index (χ2n) is 5.25. The summed E-state index contributed by atoms with van der Waals surface area (Å²) in [5, 5.41) is 0.680. The van der Waals surface area contributed by atoms with Crippen molar-refractivity contribution in [1.82, 2.24) is 0 Å². The second kappa shape index (κ2) is 4.78. The van der Waals surface area contributed by atoms with E-state index in [2.05, 4.69) is 36.1 Å². The van der Waals surface area contributed by atoms with E-state index in [0.29, 0.717) is 10.9 Å². The van der Waals surface area contributed by atoms with Crippen LogP contribution in [0.2, 0.25) is 5.02 Å². The first-order chi connectivity index (χ1) is 9.15. The van der Waals surface area contributed by atoms with Crippen molar-refractivity contribution in [3.63, 3.8) is 0 Å². The van der Waals surface area contributed by atoms with Crippen molar-refractivity contribution >= 4 is 28.7 Å². The van der Waals surface area contributed by atoms with E-state index in [1.54, 1.807) is 0 Å². The lowest BCUT2D eigenvalue weighted by Crippen LogP contribution is -2.30. The number of fused-ring (bicyclic) bond motifs is 1. The van der Waals surface area contributed by atoms with Crippen molar-refractivity contribution < 1.29 is 0 Å². The Labute approximate surface area is 118 Å². The van der Waals surface area contributed by atoms with Crippen LogP contribution >= 0.6 is 11.6 Å². The maximum absolute atomic E-state index is 6.13. The van der Waals surface area contributed by atoms with Gasteiger partial charge in [0, 0.05) is 17.3 Å². The first kappa shape index (κ1) is 12.4. The molecule has 2 aromatic carbocycles. The molecule has 3 rings (SSSR count). The van der Waals surface area contributed by atoms with E-state index in [9.17, 15) is 0 Å². The predicted octanol–water partition coefficient (Wildman–Crippen LogP) is 4.25. The topological polar surface area (TPSA) is 29.3 Å². The SMILES string of the molecule is CC1Cc2ccccc2N(c2ccc(Cl)cc2N)C1. The number of nitrogen functional groups attached to an aromatic ring is 1. The Kier molecular flexibility index (Phi) is 3.11. The van der Waals surface area contributed by atoms with Gasteiger partial charge in [0.25, 0.3) is 0 Å². The van der Waals surface area contributed by atoms with Gasteiger partial charge in [-0.1, -0.05) is 36.7 Å². The largest absolute Gasteiger partial charge is 0.397 e. The third-order valence-electron chi connectivity index (χ3n) is 3.63. The molecule has 2 nitrogen and oxygen atoms in total. The minimum Gasteiger partial charge on any atom is -0.397 e. The first-order valence-electron chi connectivity index (χ1n) is 6.55. The lowest BCUT2D eigenvalue weighted by atomic mass is 9.93. The van der Waals surface area contributed by atoms with Crippen LogP contribution in [0.1, 0.15) is 12.5 Å². The number of hydrogen-bond acceptors (Lipinski definition) is 2. The smallest absolute Gasteiger partial charge is 0.0645 e. The van der Waals surface area contributed by atoms with Crippen LogP contribution in [0.15, 0.2) is 42.5 Å². The van der Waals surface area contributed by atoms with Crippen molar-refractivity contribution in [2.75, 3.05) is 17.2 Å². The average Bonchev–Trinajstić information content (AvgIpc) is 2.38. The number of nitrogens with zero attached hydrogens (tertiary/aromatic N) is 1. The predicted molar refractivity (Wildman–Crippen MR) is 82.2 cm³/mol. The third kappa shape index (κ3) is 2.28. The Morgan fingerprint density at radius 3 is 2.74 bits per heavy atom. The highest BCUT2D eigenvalue weighted by Gasteiger charge is 2.23. The maximum atomic E-state index is 6.13. The highest BCUT2D eigenvalue weighted by atomic mass is 35.5. The first-order valence-corrected chi connectivity index (χ1v) is 6.93. The van der Waals surface area contributed by atoms with Crippen LogP contribution in [-0.4, -0.2) is 6.54 Å². The molecule has 19 heavy (non-hydrogen) atoms. The van der Waals surface area contributed by atoms with E-state index < -0.39 is 0 Å². The lowest BCUT2D eigenvalue weighted by Gasteiger charge is -2.35. The molecule has 2 N–H and O–H groups in total. The van der Waals surface area contributed by atoms with Crippen LogP contribution < -0.4 is 10.6 Å². The van der Waals surface area contributed by atoms with Gasteiger partial charge in [0.1, 0.15) is 0 Å². The van der Waals surface area contributed by atoms with Gasteiger partial charge in [-0.2, -0.15) is 0 Å². The Bertz CT molecular complexity index is 609. The fraction of sp³-hybridized carbons (Fsp3) is 0.250. The molecular formula is C16H17ClN2. The highest BCUT2D eigenvalue weighted by Crippen LogP contribution is 2.38. The molecule has 0 saturated heterocycles. The number of rotatable bonds is 1. The fourth-order valence-corrected chi connectivity index (χ4v) is 2.98. The molecule has 0 amide bonds. The van der Waals surface area contributed by atoms with Gasteiger partial charge in [-0.3, -0.25) is 0 Å². The van der Waals surface area contributed by atoms with Crippen LogP contribution in [0.4, 0.5) is 17.1 Å². The molecule has 0 bridgehead atoms. The number of benzene rings is 2. The molecule has 0 aliphatic carbocycles. The molecule has 1 aliphatic rings. The molecule has 3 heteroatoms. The number of halogens is 1. The van der Waals surface area contributed by atoms with Crippen LogP contribution in [0, 0.1) is 5.92 Å². The van der Waals surface area contributed by atoms with Gasteiger partial charge in [-0.25, -0.2) is 0 Å². The Hall–Kier alpha value is -1.67. The van der Waals surface area contributed by atoms with E-state index in [0.717, 1.165) is 24.3 Å². The Balaban J connectivity index is 2.10. The van der Waals surface area contributed by atoms with Crippen LogP contribution in [0.5, 0.6) is 0 Å². The molecule has 1 heterocycles. The number of para-hydroxylation sites is 1. The van der Waals surface area contributed by atoms with Gasteiger partial charge in [0.2, 0.25) is 0 Å². The monoisotopic (exact) mass is 272 g/mol. The molecule has 98 valence electrons. The summed E-state index contributed by atoms with van der Waals surface area (Å²) in [7, 11) is 0. The van der Waals surface area contributed by atoms with E-state index in [1.807, 2.05) is 18.2 Å². The minimum atomic E-state index is 0.616. The number of anilines is 3. The summed E-state index contributed by atoms with van der Waals surface area (Å²) in [5.41, 5.74) is 10.6. The van der Waals surface area contributed by atoms with Gasteiger partial charge >= 0.3 is 0 Å². The van der Waals surface area contributed by atoms with Crippen molar-refractivity contribution in [2.24, 2.45) is 5.92 Å². The third-order valence-corrected chi connectivity index (χ3v) is 3.86. The van der Waals surface area contributed by atoms with E-state index in [4.69, 9.17) is 17.3 Å². The van der Waals surface area contributed by atoms with E-state index in [1.165, 1.54) is 11.3 Å². The molecule has 0 saturated carbocycles. The summed E-state index contributed by atoms with van der Waals surface area (Å²) >= 11 is 5.99. The van der Waals surface area contributed by atoms with Crippen molar-refractivity contribution in [1.29, 1.82) is 0 Å². The summed E-state index contributed by atoms with van der Waals surface area (Å²) in [6.45, 7) is 3.26. The number of hydrogen-bond donors (Lipinski definition) is 1. The molecule has 0 fully saturated rings. The lowest BCUT2D eigenvalue weighted by molar-refractivity contribution is 0.562. The molecule has 0 spiro atoms. The van der Waals surface area contributed by atoms with Crippen LogP contribution in [0.3, 0.4) is 0 Å². The zero-order valence-corrected chi connectivity index (χ0v) is 11.7. The van der Waals surface area contributed by atoms with Gasteiger partial charge in [-0.15, -0.1) is 0 Å². The van der Waals surface area contributed by atoms with Crippen molar-refractivity contribution in [3.05, 3.63) is 53.1 Å². The maximum Gasteiger partial charge on any atom is 0.0645 e. The van der Waals surface area contributed by atoms with Gasteiger partial charge in [0.05, 0.1) is 11.4 Å². The summed E-state index contributed by atoms with van der Waals surface area (Å²) in [6.07, 6.45) is 1.13. The van der Waals surface area contributed by atoms with Crippen LogP contribution in [-0.2, 0) is 6.42 Å². The molecule has 1 unspecified atom stereocenters. The molecule has 1 aliphatic heterocycles. The summed E-state index contributed by atoms with van der Waals surface area (Å²) in [5.74, 6) is 0.616. The molecule has 1 atom stereocenters. The summed E-state index contributed by atoms with van der Waals surface area (Å²) in [6, 6.07) is 14.3. The number of nitrogens with two attached hydrogens (primary N) is 1.